The number of pyridine rings is 1. The van der Waals surface area contributed by atoms with Gasteiger partial charge in [-0.2, -0.15) is 4.89 Å². The number of aromatic nitrogens is 1. The normalized spacial score (nSPS) is 13.1. The maximum absolute atomic E-state index is 12.6. The van der Waals surface area contributed by atoms with Crippen molar-refractivity contribution in [2.45, 2.75) is 5.92 Å². The molecule has 0 spiro atoms. The lowest BCUT2D eigenvalue weighted by Gasteiger charge is -2.10. The van der Waals surface area contributed by atoms with Crippen LogP contribution in [-0.2, 0) is 9.36 Å². The average molecular weight is 406 g/mol. The number of carbonyl (C=O) groups excluding carboxylic acids is 1. The number of fused-ring (bicyclic) bond motifs is 1. The Labute approximate surface area is 160 Å². The van der Waals surface area contributed by atoms with E-state index in [2.05, 4.69) is 10.3 Å². The highest BCUT2D eigenvalue weighted by Gasteiger charge is 2.31. The molecule has 0 fully saturated rings. The number of nitrogens with one attached hydrogen (secondary N) is 1. The minimum Gasteiger partial charge on any atom is -0.332 e. The Morgan fingerprint density at radius 3 is 2.96 bits per heavy atom. The monoisotopic (exact) mass is 405 g/mol. The topological polar surface area (TPSA) is 79.3 Å². The van der Waals surface area contributed by atoms with Crippen LogP contribution in [0.4, 0.5) is 0 Å². The highest BCUT2D eigenvalue weighted by atomic mass is 35.5. The quantitative estimate of drug-likeness (QED) is 0.589. The molecule has 26 heavy (non-hydrogen) atoms. The SMILES string of the molecule is O=C(N/C=C/c1ccccn1)C(C[P+](=O)O)c1csc2ccc(Cl)cc12. The minimum atomic E-state index is -2.47. The fourth-order valence-corrected chi connectivity index (χ4v) is 4.40. The molecule has 3 rings (SSSR count). The van der Waals surface area contributed by atoms with Crippen LogP contribution in [0.2, 0.25) is 5.02 Å². The lowest BCUT2D eigenvalue weighted by atomic mass is 9.99. The summed E-state index contributed by atoms with van der Waals surface area (Å²) in [6.07, 6.45) is 4.65. The fraction of sp³-hybridized carbons (Fsp3) is 0.111. The largest absolute Gasteiger partial charge is 0.506 e. The smallest absolute Gasteiger partial charge is 0.332 e. The van der Waals surface area contributed by atoms with Gasteiger partial charge in [0.2, 0.25) is 5.91 Å². The van der Waals surface area contributed by atoms with Gasteiger partial charge >= 0.3 is 8.03 Å². The minimum absolute atomic E-state index is 0.156. The van der Waals surface area contributed by atoms with Crippen molar-refractivity contribution < 1.29 is 14.3 Å². The number of hydrogen-bond donors (Lipinski definition) is 2. The molecule has 0 saturated heterocycles. The summed E-state index contributed by atoms with van der Waals surface area (Å²) in [6, 6.07) is 10.9. The number of rotatable bonds is 6. The maximum atomic E-state index is 12.6. The van der Waals surface area contributed by atoms with E-state index in [-0.39, 0.29) is 12.1 Å². The zero-order valence-corrected chi connectivity index (χ0v) is 16.0. The molecule has 1 amide bonds. The van der Waals surface area contributed by atoms with Crippen molar-refractivity contribution in [3.63, 3.8) is 0 Å². The fourth-order valence-electron chi connectivity index (χ4n) is 2.55. The van der Waals surface area contributed by atoms with Gasteiger partial charge in [-0.15, -0.1) is 11.3 Å². The summed E-state index contributed by atoms with van der Waals surface area (Å²) >= 11 is 7.54. The van der Waals surface area contributed by atoms with E-state index in [1.54, 1.807) is 36.5 Å². The van der Waals surface area contributed by atoms with E-state index in [9.17, 15) is 14.3 Å². The van der Waals surface area contributed by atoms with Crippen molar-refractivity contribution in [2.75, 3.05) is 6.16 Å². The summed E-state index contributed by atoms with van der Waals surface area (Å²) in [6.45, 7) is 0. The molecule has 0 saturated carbocycles. The maximum Gasteiger partial charge on any atom is 0.506 e. The van der Waals surface area contributed by atoms with Gasteiger partial charge in [0.05, 0.1) is 5.69 Å². The first-order valence-electron chi connectivity index (χ1n) is 7.73. The first-order valence-corrected chi connectivity index (χ1v) is 10.4. The summed E-state index contributed by atoms with van der Waals surface area (Å²) in [4.78, 5) is 26.2. The van der Waals surface area contributed by atoms with Gasteiger partial charge in [0.15, 0.2) is 6.16 Å². The number of carbonyl (C=O) groups is 1. The third-order valence-electron chi connectivity index (χ3n) is 3.76. The van der Waals surface area contributed by atoms with Gasteiger partial charge in [0.25, 0.3) is 0 Å². The van der Waals surface area contributed by atoms with Gasteiger partial charge in [-0.05, 0) is 57.3 Å². The zero-order valence-electron chi connectivity index (χ0n) is 13.5. The standard InChI is InChI=1S/C18H14ClN2O3PS/c19-12-4-5-17-14(9-12)16(11-26-17)15(10-25(23)24)18(22)21-8-6-13-3-1-2-7-20-13/h1-9,11,15H,10H2,(H-,20,21,22,23,24)/p+1. The molecular weight excluding hydrogens is 391 g/mol. The van der Waals surface area contributed by atoms with E-state index >= 15 is 0 Å². The van der Waals surface area contributed by atoms with Crippen LogP contribution in [-0.4, -0.2) is 21.9 Å². The van der Waals surface area contributed by atoms with Gasteiger partial charge in [0, 0.05) is 22.1 Å². The van der Waals surface area contributed by atoms with E-state index in [0.29, 0.717) is 16.3 Å². The molecule has 2 unspecified atom stereocenters. The molecule has 0 radical (unpaired) electrons. The molecule has 1 aromatic carbocycles. The Morgan fingerprint density at radius 2 is 2.23 bits per heavy atom. The van der Waals surface area contributed by atoms with E-state index in [0.717, 1.165) is 10.1 Å². The van der Waals surface area contributed by atoms with Gasteiger partial charge < -0.3 is 5.32 Å². The molecule has 2 N–H and O–H groups in total. The molecule has 2 aromatic heterocycles. The molecule has 0 aliphatic carbocycles. The van der Waals surface area contributed by atoms with Crippen LogP contribution in [0.3, 0.4) is 0 Å². The number of halogens is 1. The van der Waals surface area contributed by atoms with E-state index < -0.39 is 13.9 Å². The molecule has 2 atom stereocenters. The van der Waals surface area contributed by atoms with E-state index in [4.69, 9.17) is 11.6 Å². The third-order valence-corrected chi connectivity index (χ3v) is 5.66. The van der Waals surface area contributed by atoms with Gasteiger partial charge in [-0.1, -0.05) is 17.7 Å². The highest BCUT2D eigenvalue weighted by molar-refractivity contribution is 7.38. The number of hydrogen-bond acceptors (Lipinski definition) is 4. The van der Waals surface area contributed by atoms with Crippen molar-refractivity contribution in [3.8, 4) is 0 Å². The molecule has 0 bridgehead atoms. The van der Waals surface area contributed by atoms with E-state index in [1.807, 2.05) is 17.5 Å². The van der Waals surface area contributed by atoms with Gasteiger partial charge in [-0.3, -0.25) is 9.78 Å². The summed E-state index contributed by atoms with van der Waals surface area (Å²) in [5.41, 5.74) is 1.40. The molecule has 5 nitrogen and oxygen atoms in total. The Morgan fingerprint density at radius 1 is 1.38 bits per heavy atom. The third kappa shape index (κ3) is 4.54. The Balaban J connectivity index is 1.85. The zero-order chi connectivity index (χ0) is 18.5. The van der Waals surface area contributed by atoms with Crippen LogP contribution < -0.4 is 5.32 Å². The molecule has 2 heterocycles. The second-order valence-corrected chi connectivity index (χ2v) is 7.93. The Hall–Kier alpha value is -2.11. The van der Waals surface area contributed by atoms with Crippen LogP contribution in [0.25, 0.3) is 16.2 Å². The number of benzene rings is 1. The summed E-state index contributed by atoms with van der Waals surface area (Å²) in [5, 5.41) is 5.90. The number of thiophene rings is 1. The summed E-state index contributed by atoms with van der Waals surface area (Å²) in [7, 11) is -2.47. The summed E-state index contributed by atoms with van der Waals surface area (Å²) < 4.78 is 12.4. The molecular formula is C18H15ClN2O3PS+. The Bertz CT molecular complexity index is 975. The lowest BCUT2D eigenvalue weighted by molar-refractivity contribution is -0.121. The second-order valence-electron chi connectivity index (χ2n) is 5.52. The second kappa shape index (κ2) is 8.52. The van der Waals surface area contributed by atoms with Crippen LogP contribution in [0.5, 0.6) is 0 Å². The Kier molecular flexibility index (Phi) is 6.12. The summed E-state index contributed by atoms with van der Waals surface area (Å²) in [5.74, 6) is -1.10. The number of nitrogens with zero attached hydrogens (tertiary/aromatic N) is 1. The van der Waals surface area contributed by atoms with E-state index in [1.165, 1.54) is 17.5 Å². The van der Waals surface area contributed by atoms with Gasteiger partial charge in [0.1, 0.15) is 5.92 Å². The average Bonchev–Trinajstić information content (AvgIpc) is 3.03. The molecule has 8 heteroatoms. The van der Waals surface area contributed by atoms with Crippen molar-refractivity contribution >= 4 is 53.0 Å². The molecule has 0 aliphatic rings. The van der Waals surface area contributed by atoms with Crippen LogP contribution in [0, 0.1) is 0 Å². The molecule has 132 valence electrons. The van der Waals surface area contributed by atoms with Crippen molar-refractivity contribution in [2.24, 2.45) is 0 Å². The van der Waals surface area contributed by atoms with Gasteiger partial charge in [-0.25, -0.2) is 0 Å². The first-order chi connectivity index (χ1) is 12.5. The van der Waals surface area contributed by atoms with Crippen molar-refractivity contribution in [1.82, 2.24) is 10.3 Å². The lowest BCUT2D eigenvalue weighted by Crippen LogP contribution is -2.26. The first kappa shape index (κ1) is 18.7. The number of amides is 1. The van der Waals surface area contributed by atoms with Crippen LogP contribution in [0.15, 0.2) is 54.2 Å². The van der Waals surface area contributed by atoms with Crippen LogP contribution >= 0.6 is 31.0 Å². The van der Waals surface area contributed by atoms with Crippen molar-refractivity contribution in [3.05, 3.63) is 70.5 Å². The predicted molar refractivity (Wildman–Crippen MR) is 106 cm³/mol. The molecule has 3 aromatic rings. The van der Waals surface area contributed by atoms with Crippen molar-refractivity contribution in [1.29, 1.82) is 0 Å². The van der Waals surface area contributed by atoms with Crippen LogP contribution in [0.1, 0.15) is 17.2 Å². The predicted octanol–water partition coefficient (Wildman–Crippen LogP) is 4.56. The highest BCUT2D eigenvalue weighted by Crippen LogP contribution is 2.36. The molecule has 0 aliphatic heterocycles.